The van der Waals surface area contributed by atoms with Crippen LogP contribution in [0.4, 0.5) is 10.1 Å². The first-order chi connectivity index (χ1) is 6.72. The molecule has 1 aromatic carbocycles. The average molecular weight is 190 g/mol. The van der Waals surface area contributed by atoms with Crippen LogP contribution in [-0.4, -0.2) is 13.1 Å². The van der Waals surface area contributed by atoms with Crippen molar-refractivity contribution in [2.24, 2.45) is 5.92 Å². The molecule has 0 N–H and O–H groups in total. The van der Waals surface area contributed by atoms with Gasteiger partial charge in [0.15, 0.2) is 0 Å². The second kappa shape index (κ2) is 3.30. The fourth-order valence-corrected chi connectivity index (χ4v) is 1.78. The van der Waals surface area contributed by atoms with Crippen LogP contribution in [0.1, 0.15) is 12.5 Å². The molecule has 72 valence electrons. The fourth-order valence-electron chi connectivity index (χ4n) is 1.78. The largest absolute Gasteiger partial charge is 0.370 e. The number of hydrogen-bond acceptors (Lipinski definition) is 2. The van der Waals surface area contributed by atoms with Gasteiger partial charge in [0.1, 0.15) is 17.4 Å². The summed E-state index contributed by atoms with van der Waals surface area (Å²) in [5.41, 5.74) is 0.894. The number of nitrogens with zero attached hydrogens (tertiary/aromatic N) is 2. The number of benzene rings is 1. The molecule has 1 aromatic rings. The summed E-state index contributed by atoms with van der Waals surface area (Å²) in [7, 11) is 0. The zero-order chi connectivity index (χ0) is 10.1. The standard InChI is InChI=1S/C11H11FN2/c1-8-6-14(7-8)11-4-2-3-10(12)9(11)5-13/h2-4,8H,6-7H2,1H3. The molecule has 2 rings (SSSR count). The van der Waals surface area contributed by atoms with E-state index in [1.54, 1.807) is 12.1 Å². The third-order valence-electron chi connectivity index (χ3n) is 2.51. The Balaban J connectivity index is 2.34. The van der Waals surface area contributed by atoms with Gasteiger partial charge in [-0.1, -0.05) is 13.0 Å². The molecule has 0 aliphatic carbocycles. The van der Waals surface area contributed by atoms with Crippen LogP contribution >= 0.6 is 0 Å². The molecule has 1 aliphatic rings. The van der Waals surface area contributed by atoms with Gasteiger partial charge in [0.25, 0.3) is 0 Å². The SMILES string of the molecule is CC1CN(c2cccc(F)c2C#N)C1. The van der Waals surface area contributed by atoms with Crippen molar-refractivity contribution in [2.45, 2.75) is 6.92 Å². The quantitative estimate of drug-likeness (QED) is 0.678. The van der Waals surface area contributed by atoms with Crippen LogP contribution in [-0.2, 0) is 0 Å². The Hall–Kier alpha value is -1.56. The van der Waals surface area contributed by atoms with Crippen molar-refractivity contribution >= 4 is 5.69 Å². The lowest BCUT2D eigenvalue weighted by atomic mass is 10.00. The van der Waals surface area contributed by atoms with Gasteiger partial charge < -0.3 is 4.90 Å². The predicted octanol–water partition coefficient (Wildman–Crippen LogP) is 2.15. The van der Waals surface area contributed by atoms with E-state index in [-0.39, 0.29) is 5.56 Å². The van der Waals surface area contributed by atoms with Gasteiger partial charge in [0.05, 0.1) is 5.69 Å². The Kier molecular flexibility index (Phi) is 2.12. The predicted molar refractivity (Wildman–Crippen MR) is 52.5 cm³/mol. The third-order valence-corrected chi connectivity index (χ3v) is 2.51. The minimum absolute atomic E-state index is 0.166. The fraction of sp³-hybridized carbons (Fsp3) is 0.364. The highest BCUT2D eigenvalue weighted by molar-refractivity contribution is 5.61. The summed E-state index contributed by atoms with van der Waals surface area (Å²) < 4.78 is 13.2. The van der Waals surface area contributed by atoms with Crippen LogP contribution in [0, 0.1) is 23.1 Å². The van der Waals surface area contributed by atoms with Gasteiger partial charge in [-0.25, -0.2) is 4.39 Å². The molecule has 0 unspecified atom stereocenters. The van der Waals surface area contributed by atoms with E-state index in [4.69, 9.17) is 5.26 Å². The van der Waals surface area contributed by atoms with Crippen LogP contribution in [0.25, 0.3) is 0 Å². The summed E-state index contributed by atoms with van der Waals surface area (Å²) in [6, 6.07) is 6.68. The van der Waals surface area contributed by atoms with E-state index < -0.39 is 5.82 Å². The van der Waals surface area contributed by atoms with Crippen LogP contribution in [0.2, 0.25) is 0 Å². The first-order valence-corrected chi connectivity index (χ1v) is 4.66. The molecule has 0 amide bonds. The van der Waals surface area contributed by atoms with Gasteiger partial charge in [0.2, 0.25) is 0 Å². The van der Waals surface area contributed by atoms with Gasteiger partial charge in [-0.3, -0.25) is 0 Å². The zero-order valence-electron chi connectivity index (χ0n) is 8.00. The highest BCUT2D eigenvalue weighted by Gasteiger charge is 2.25. The first-order valence-electron chi connectivity index (χ1n) is 4.66. The molecule has 14 heavy (non-hydrogen) atoms. The lowest BCUT2D eigenvalue weighted by Crippen LogP contribution is -2.45. The molecule has 0 aromatic heterocycles. The number of nitriles is 1. The number of hydrogen-bond donors (Lipinski definition) is 0. The van der Waals surface area contributed by atoms with E-state index >= 15 is 0 Å². The third kappa shape index (κ3) is 1.33. The Labute approximate surface area is 82.6 Å². The van der Waals surface area contributed by atoms with E-state index in [1.165, 1.54) is 6.07 Å². The van der Waals surface area contributed by atoms with Crippen molar-refractivity contribution in [3.8, 4) is 6.07 Å². The topological polar surface area (TPSA) is 27.0 Å². The molecule has 1 aliphatic heterocycles. The maximum Gasteiger partial charge on any atom is 0.143 e. The molecule has 0 radical (unpaired) electrons. The maximum absolute atomic E-state index is 13.2. The van der Waals surface area contributed by atoms with Gasteiger partial charge >= 0.3 is 0 Å². The van der Waals surface area contributed by atoms with Gasteiger partial charge in [-0.2, -0.15) is 5.26 Å². The van der Waals surface area contributed by atoms with E-state index in [2.05, 4.69) is 6.92 Å². The minimum Gasteiger partial charge on any atom is -0.370 e. The molecule has 3 heteroatoms. The second-order valence-corrected chi connectivity index (χ2v) is 3.76. The molecule has 1 saturated heterocycles. The van der Waals surface area contributed by atoms with Gasteiger partial charge in [-0.05, 0) is 18.1 Å². The summed E-state index contributed by atoms with van der Waals surface area (Å²) >= 11 is 0. The summed E-state index contributed by atoms with van der Waals surface area (Å²) in [6.45, 7) is 3.97. The second-order valence-electron chi connectivity index (χ2n) is 3.76. The molecule has 0 spiro atoms. The summed E-state index contributed by atoms with van der Waals surface area (Å²) in [6.07, 6.45) is 0. The molecular formula is C11H11FN2. The minimum atomic E-state index is -0.426. The van der Waals surface area contributed by atoms with Gasteiger partial charge in [0, 0.05) is 13.1 Å². The lowest BCUT2D eigenvalue weighted by molar-refractivity contribution is 0.446. The molecule has 1 fully saturated rings. The van der Waals surface area contributed by atoms with Crippen molar-refractivity contribution in [1.29, 1.82) is 5.26 Å². The van der Waals surface area contributed by atoms with E-state index in [1.807, 2.05) is 11.0 Å². The average Bonchev–Trinajstić information content (AvgIpc) is 2.13. The Morgan fingerprint density at radius 2 is 2.21 bits per heavy atom. The van der Waals surface area contributed by atoms with Crippen molar-refractivity contribution in [2.75, 3.05) is 18.0 Å². The Morgan fingerprint density at radius 3 is 2.79 bits per heavy atom. The van der Waals surface area contributed by atoms with Crippen LogP contribution in [0.5, 0.6) is 0 Å². The normalized spacial score (nSPS) is 16.2. The highest BCUT2D eigenvalue weighted by atomic mass is 19.1. The van der Waals surface area contributed by atoms with Crippen molar-refractivity contribution in [3.63, 3.8) is 0 Å². The Bertz CT molecular complexity index is 389. The summed E-state index contributed by atoms with van der Waals surface area (Å²) in [4.78, 5) is 2.03. The van der Waals surface area contributed by atoms with E-state index in [9.17, 15) is 4.39 Å². The van der Waals surface area contributed by atoms with Crippen molar-refractivity contribution in [3.05, 3.63) is 29.6 Å². The smallest absolute Gasteiger partial charge is 0.143 e. The number of anilines is 1. The van der Waals surface area contributed by atoms with E-state index in [0.717, 1.165) is 18.8 Å². The maximum atomic E-state index is 13.2. The molecule has 1 heterocycles. The van der Waals surface area contributed by atoms with Crippen LogP contribution < -0.4 is 4.90 Å². The molecule has 2 nitrogen and oxygen atoms in total. The summed E-state index contributed by atoms with van der Waals surface area (Å²) in [5, 5.41) is 8.82. The number of rotatable bonds is 1. The first kappa shape index (κ1) is 9.01. The molecule has 0 bridgehead atoms. The molecular weight excluding hydrogens is 179 g/mol. The van der Waals surface area contributed by atoms with Crippen molar-refractivity contribution < 1.29 is 4.39 Å². The van der Waals surface area contributed by atoms with E-state index in [0.29, 0.717) is 5.92 Å². The highest BCUT2D eigenvalue weighted by Crippen LogP contribution is 2.28. The molecule has 0 saturated carbocycles. The number of halogens is 1. The van der Waals surface area contributed by atoms with Crippen LogP contribution in [0.15, 0.2) is 18.2 Å². The Morgan fingerprint density at radius 1 is 1.50 bits per heavy atom. The zero-order valence-corrected chi connectivity index (χ0v) is 8.00. The van der Waals surface area contributed by atoms with Crippen molar-refractivity contribution in [1.82, 2.24) is 0 Å². The summed E-state index contributed by atoms with van der Waals surface area (Å²) in [5.74, 6) is 0.217. The van der Waals surface area contributed by atoms with Gasteiger partial charge in [-0.15, -0.1) is 0 Å². The monoisotopic (exact) mass is 190 g/mol. The van der Waals surface area contributed by atoms with Crippen LogP contribution in [0.3, 0.4) is 0 Å². The molecule has 0 atom stereocenters. The lowest BCUT2D eigenvalue weighted by Gasteiger charge is -2.39.